The molecule has 1 rings (SSSR count). The number of ether oxygens (including phenoxy) is 1. The molecule has 0 saturated heterocycles. The molecule has 0 amide bonds. The molecule has 3 nitrogen and oxygen atoms in total. The van der Waals surface area contributed by atoms with Gasteiger partial charge in [0.15, 0.2) is 0 Å². The van der Waals surface area contributed by atoms with Crippen LogP contribution in [0.15, 0.2) is 24.3 Å². The normalized spacial score (nSPS) is 11.2. The van der Waals surface area contributed by atoms with Crippen molar-refractivity contribution in [1.29, 1.82) is 0 Å². The van der Waals surface area contributed by atoms with Crippen molar-refractivity contribution >= 4 is 6.29 Å². The number of benzene rings is 1. The number of hydrogen-bond acceptors (Lipinski definition) is 3. The van der Waals surface area contributed by atoms with Crippen molar-refractivity contribution in [2.75, 3.05) is 6.61 Å². The quantitative estimate of drug-likeness (QED) is 0.585. The summed E-state index contributed by atoms with van der Waals surface area (Å²) in [5.74, 6) is 0.768. The maximum absolute atomic E-state index is 10.5. The van der Waals surface area contributed by atoms with Gasteiger partial charge in [-0.2, -0.15) is 0 Å². The van der Waals surface area contributed by atoms with Gasteiger partial charge in [0, 0.05) is 12.2 Å². The summed E-state index contributed by atoms with van der Waals surface area (Å²) in [6.07, 6.45) is 3.45. The molecule has 0 spiro atoms. The van der Waals surface area contributed by atoms with Crippen molar-refractivity contribution in [3.8, 4) is 5.75 Å². The Kier molecular flexibility index (Phi) is 5.16. The van der Waals surface area contributed by atoms with E-state index in [-0.39, 0.29) is 12.2 Å². The first-order valence-corrected chi connectivity index (χ1v) is 5.92. The first kappa shape index (κ1) is 13.7. The Labute approximate surface area is 102 Å². The molecule has 0 aliphatic heterocycles. The van der Waals surface area contributed by atoms with Gasteiger partial charge in [-0.1, -0.05) is 0 Å². The fraction of sp³-hybridized carbons (Fsp3) is 0.500. The van der Waals surface area contributed by atoms with E-state index in [0.717, 1.165) is 31.3 Å². The maximum Gasteiger partial charge on any atom is 0.150 e. The van der Waals surface area contributed by atoms with Crippen molar-refractivity contribution in [3.05, 3.63) is 29.8 Å². The predicted octanol–water partition coefficient (Wildman–Crippen LogP) is 2.82. The highest BCUT2D eigenvalue weighted by Crippen LogP contribution is 2.22. The van der Waals surface area contributed by atoms with Gasteiger partial charge in [-0.3, -0.25) is 4.79 Å². The van der Waals surface area contributed by atoms with Crippen LogP contribution in [0.2, 0.25) is 0 Å². The molecule has 17 heavy (non-hydrogen) atoms. The summed E-state index contributed by atoms with van der Waals surface area (Å²) in [6, 6.07) is 7.09. The second-order valence-corrected chi connectivity index (χ2v) is 4.73. The van der Waals surface area contributed by atoms with Crippen molar-refractivity contribution in [2.24, 2.45) is 0 Å². The van der Waals surface area contributed by atoms with Gasteiger partial charge in [0.1, 0.15) is 17.6 Å². The number of hydrogen-bond donors (Lipinski definition) is 1. The molecule has 94 valence electrons. The zero-order valence-corrected chi connectivity index (χ0v) is 10.5. The lowest BCUT2D eigenvalue weighted by Gasteiger charge is -2.26. The van der Waals surface area contributed by atoms with Crippen LogP contribution in [-0.4, -0.2) is 23.6 Å². The largest absolute Gasteiger partial charge is 0.488 e. The molecular formula is C14H20O3. The lowest BCUT2D eigenvalue weighted by atomic mass is 10.0. The van der Waals surface area contributed by atoms with E-state index in [1.165, 1.54) is 0 Å². The Hall–Kier alpha value is -1.35. The Morgan fingerprint density at radius 3 is 2.41 bits per heavy atom. The lowest BCUT2D eigenvalue weighted by molar-refractivity contribution is 0.0942. The summed E-state index contributed by atoms with van der Waals surface area (Å²) < 4.78 is 5.85. The van der Waals surface area contributed by atoms with Gasteiger partial charge in [-0.05, 0) is 57.4 Å². The number of aldehydes is 1. The Bertz CT molecular complexity index is 341. The van der Waals surface area contributed by atoms with Crippen LogP contribution in [-0.2, 0) is 0 Å². The minimum atomic E-state index is -0.252. The first-order chi connectivity index (χ1) is 8.07. The summed E-state index contributed by atoms with van der Waals surface area (Å²) in [4.78, 5) is 10.5. The van der Waals surface area contributed by atoms with Crippen molar-refractivity contribution in [2.45, 2.75) is 38.7 Å². The zero-order chi connectivity index (χ0) is 12.7. The van der Waals surface area contributed by atoms with Gasteiger partial charge >= 0.3 is 0 Å². The van der Waals surface area contributed by atoms with Crippen LogP contribution in [0, 0.1) is 0 Å². The van der Waals surface area contributed by atoms with Gasteiger partial charge in [0.25, 0.3) is 0 Å². The number of aliphatic hydroxyl groups excluding tert-OH is 1. The predicted molar refractivity (Wildman–Crippen MR) is 67.5 cm³/mol. The van der Waals surface area contributed by atoms with Crippen molar-refractivity contribution in [1.82, 2.24) is 0 Å². The summed E-state index contributed by atoms with van der Waals surface area (Å²) in [7, 11) is 0. The van der Waals surface area contributed by atoms with Gasteiger partial charge < -0.3 is 9.84 Å². The Balaban J connectivity index is 2.52. The highest BCUT2D eigenvalue weighted by molar-refractivity contribution is 5.74. The Morgan fingerprint density at radius 1 is 1.24 bits per heavy atom. The molecular weight excluding hydrogens is 216 g/mol. The average molecular weight is 236 g/mol. The van der Waals surface area contributed by atoms with E-state index in [4.69, 9.17) is 9.84 Å². The summed E-state index contributed by atoms with van der Waals surface area (Å²) in [6.45, 7) is 4.28. The van der Waals surface area contributed by atoms with Crippen molar-refractivity contribution < 1.29 is 14.6 Å². The molecule has 1 N–H and O–H groups in total. The number of carbonyl (C=O) groups excluding carboxylic acids is 1. The smallest absolute Gasteiger partial charge is 0.150 e. The molecule has 0 radical (unpaired) electrons. The molecule has 0 unspecified atom stereocenters. The van der Waals surface area contributed by atoms with Crippen LogP contribution >= 0.6 is 0 Å². The van der Waals surface area contributed by atoms with Crippen LogP contribution in [0.3, 0.4) is 0 Å². The van der Waals surface area contributed by atoms with E-state index in [2.05, 4.69) is 0 Å². The second-order valence-electron chi connectivity index (χ2n) is 4.73. The standard InChI is InChI=1S/C14H20O3/c1-14(2,9-3-4-10-15)17-13-7-5-12(11-16)6-8-13/h5-8,11,15H,3-4,9-10H2,1-2H3. The number of carbonyl (C=O) groups is 1. The lowest BCUT2D eigenvalue weighted by Crippen LogP contribution is -2.28. The molecule has 0 fully saturated rings. The highest BCUT2D eigenvalue weighted by Gasteiger charge is 2.18. The van der Waals surface area contributed by atoms with E-state index < -0.39 is 0 Å². The molecule has 0 heterocycles. The minimum Gasteiger partial charge on any atom is -0.488 e. The SMILES string of the molecule is CC(C)(CCCCO)Oc1ccc(C=O)cc1. The third-order valence-electron chi connectivity index (χ3n) is 2.60. The second kappa shape index (κ2) is 6.40. The molecule has 0 aliphatic carbocycles. The molecule has 0 aromatic heterocycles. The molecule has 1 aromatic rings. The van der Waals surface area contributed by atoms with Gasteiger partial charge in [0.2, 0.25) is 0 Å². The number of aliphatic hydroxyl groups is 1. The summed E-state index contributed by atoms with van der Waals surface area (Å²) in [5, 5.41) is 8.74. The fourth-order valence-electron chi connectivity index (χ4n) is 1.65. The van der Waals surface area contributed by atoms with Gasteiger partial charge in [-0.15, -0.1) is 0 Å². The third-order valence-corrected chi connectivity index (χ3v) is 2.60. The molecule has 0 aliphatic rings. The van der Waals surface area contributed by atoms with Crippen LogP contribution in [0.5, 0.6) is 5.75 Å². The zero-order valence-electron chi connectivity index (χ0n) is 10.5. The van der Waals surface area contributed by atoms with E-state index in [0.29, 0.717) is 5.56 Å². The molecule has 0 bridgehead atoms. The van der Waals surface area contributed by atoms with Crippen molar-refractivity contribution in [3.63, 3.8) is 0 Å². The van der Waals surface area contributed by atoms with E-state index >= 15 is 0 Å². The van der Waals surface area contributed by atoms with Crippen LogP contribution in [0.25, 0.3) is 0 Å². The Morgan fingerprint density at radius 2 is 1.88 bits per heavy atom. The monoisotopic (exact) mass is 236 g/mol. The van der Waals surface area contributed by atoms with E-state index in [1.54, 1.807) is 24.3 Å². The summed E-state index contributed by atoms with van der Waals surface area (Å²) >= 11 is 0. The number of unbranched alkanes of at least 4 members (excludes halogenated alkanes) is 1. The van der Waals surface area contributed by atoms with Crippen LogP contribution < -0.4 is 4.74 Å². The molecule has 0 saturated carbocycles. The van der Waals surface area contributed by atoms with Gasteiger partial charge in [0.05, 0.1) is 0 Å². The third kappa shape index (κ3) is 5.00. The van der Waals surface area contributed by atoms with E-state index in [1.807, 2.05) is 13.8 Å². The van der Waals surface area contributed by atoms with Crippen LogP contribution in [0.1, 0.15) is 43.5 Å². The topological polar surface area (TPSA) is 46.5 Å². The molecule has 3 heteroatoms. The van der Waals surface area contributed by atoms with Gasteiger partial charge in [-0.25, -0.2) is 0 Å². The minimum absolute atomic E-state index is 0.226. The maximum atomic E-state index is 10.5. The first-order valence-electron chi connectivity index (χ1n) is 5.92. The molecule has 0 atom stereocenters. The fourth-order valence-corrected chi connectivity index (χ4v) is 1.65. The highest BCUT2D eigenvalue weighted by atomic mass is 16.5. The summed E-state index contributed by atoms with van der Waals surface area (Å²) in [5.41, 5.74) is 0.396. The van der Waals surface area contributed by atoms with Crippen LogP contribution in [0.4, 0.5) is 0 Å². The van der Waals surface area contributed by atoms with E-state index in [9.17, 15) is 4.79 Å². The number of rotatable bonds is 7. The average Bonchev–Trinajstić information content (AvgIpc) is 2.30. The molecule has 1 aromatic carbocycles.